The summed E-state index contributed by atoms with van der Waals surface area (Å²) in [7, 11) is -2.53. The second kappa shape index (κ2) is 5.09. The van der Waals surface area contributed by atoms with Crippen molar-refractivity contribution in [1.82, 2.24) is 0 Å². The van der Waals surface area contributed by atoms with E-state index in [9.17, 15) is 4.79 Å². The summed E-state index contributed by atoms with van der Waals surface area (Å²) in [5, 5.41) is 0. The molecule has 2 unspecified atom stereocenters. The van der Waals surface area contributed by atoms with Crippen LogP contribution in [0.2, 0.25) is 0 Å². The summed E-state index contributed by atoms with van der Waals surface area (Å²) in [4.78, 5) is 11.8. The SMILES string of the molecule is [2H]C([2H])([2H])OC1COCC1OC(=O)c1ccccc1. The lowest BCUT2D eigenvalue weighted by molar-refractivity contribution is -0.0128. The van der Waals surface area contributed by atoms with Crippen LogP contribution in [0.4, 0.5) is 0 Å². The summed E-state index contributed by atoms with van der Waals surface area (Å²) in [6, 6.07) is 8.47. The molecule has 0 N–H and O–H groups in total. The second-order valence-electron chi connectivity index (χ2n) is 3.50. The first-order valence-electron chi connectivity index (χ1n) is 6.47. The van der Waals surface area contributed by atoms with Crippen molar-refractivity contribution in [3.63, 3.8) is 0 Å². The fraction of sp³-hybridized carbons (Fsp3) is 0.417. The van der Waals surface area contributed by atoms with Crippen molar-refractivity contribution in [3.8, 4) is 0 Å². The van der Waals surface area contributed by atoms with E-state index in [1.807, 2.05) is 0 Å². The van der Waals surface area contributed by atoms with E-state index < -0.39 is 25.2 Å². The van der Waals surface area contributed by atoms with Crippen LogP contribution in [0.3, 0.4) is 0 Å². The molecule has 0 amide bonds. The monoisotopic (exact) mass is 225 g/mol. The Morgan fingerprint density at radius 3 is 2.88 bits per heavy atom. The molecule has 1 saturated heterocycles. The van der Waals surface area contributed by atoms with Gasteiger partial charge in [-0.15, -0.1) is 0 Å². The largest absolute Gasteiger partial charge is 0.453 e. The highest BCUT2D eigenvalue weighted by molar-refractivity contribution is 5.89. The molecule has 4 heteroatoms. The Balaban J connectivity index is 1.96. The number of hydrogen-bond donors (Lipinski definition) is 0. The predicted octanol–water partition coefficient (Wildman–Crippen LogP) is 1.26. The minimum atomic E-state index is -2.53. The summed E-state index contributed by atoms with van der Waals surface area (Å²) < 4.78 is 36.3. The lowest BCUT2D eigenvalue weighted by Crippen LogP contribution is -2.31. The third-order valence-electron chi connectivity index (χ3n) is 2.40. The molecule has 0 saturated carbocycles. The highest BCUT2D eigenvalue weighted by Gasteiger charge is 2.31. The third kappa shape index (κ3) is 2.40. The molecular weight excluding hydrogens is 208 g/mol. The second-order valence-corrected chi connectivity index (χ2v) is 3.50. The molecule has 0 radical (unpaired) electrons. The third-order valence-corrected chi connectivity index (χ3v) is 2.40. The van der Waals surface area contributed by atoms with Crippen molar-refractivity contribution in [2.75, 3.05) is 20.3 Å². The van der Waals surface area contributed by atoms with Crippen LogP contribution in [0.1, 0.15) is 14.5 Å². The molecule has 86 valence electrons. The lowest BCUT2D eigenvalue weighted by atomic mass is 10.2. The molecule has 1 aliphatic rings. The fourth-order valence-electron chi connectivity index (χ4n) is 1.51. The van der Waals surface area contributed by atoms with Gasteiger partial charge in [-0.1, -0.05) is 18.2 Å². The van der Waals surface area contributed by atoms with Crippen molar-refractivity contribution in [1.29, 1.82) is 0 Å². The van der Waals surface area contributed by atoms with Gasteiger partial charge in [-0.2, -0.15) is 0 Å². The van der Waals surface area contributed by atoms with Crippen molar-refractivity contribution in [2.24, 2.45) is 0 Å². The molecular formula is C12H14O4. The van der Waals surface area contributed by atoms with Crippen LogP contribution < -0.4 is 0 Å². The molecule has 0 bridgehead atoms. The van der Waals surface area contributed by atoms with Gasteiger partial charge in [0.05, 0.1) is 22.9 Å². The highest BCUT2D eigenvalue weighted by Crippen LogP contribution is 2.14. The summed E-state index contributed by atoms with van der Waals surface area (Å²) in [5.74, 6) is -0.518. The normalized spacial score (nSPS) is 27.9. The van der Waals surface area contributed by atoms with Crippen molar-refractivity contribution in [3.05, 3.63) is 35.9 Å². The molecule has 1 heterocycles. The molecule has 1 aliphatic heterocycles. The summed E-state index contributed by atoms with van der Waals surface area (Å²) in [5.41, 5.74) is 0.405. The number of ether oxygens (including phenoxy) is 3. The smallest absolute Gasteiger partial charge is 0.338 e. The van der Waals surface area contributed by atoms with Crippen LogP contribution in [0.15, 0.2) is 30.3 Å². The van der Waals surface area contributed by atoms with E-state index in [0.717, 1.165) is 0 Å². The maximum absolute atomic E-state index is 11.8. The van der Waals surface area contributed by atoms with Crippen LogP contribution in [0, 0.1) is 0 Å². The summed E-state index contributed by atoms with van der Waals surface area (Å²) in [6.07, 6.45) is -1.46. The van der Waals surface area contributed by atoms with Gasteiger partial charge in [0.15, 0.2) is 6.10 Å². The van der Waals surface area contributed by atoms with Crippen LogP contribution in [0.25, 0.3) is 0 Å². The Hall–Kier alpha value is -1.39. The lowest BCUT2D eigenvalue weighted by Gasteiger charge is -2.16. The molecule has 1 fully saturated rings. The quantitative estimate of drug-likeness (QED) is 0.726. The number of benzene rings is 1. The summed E-state index contributed by atoms with van der Waals surface area (Å²) >= 11 is 0. The van der Waals surface area contributed by atoms with Gasteiger partial charge in [0, 0.05) is 7.04 Å². The van der Waals surface area contributed by atoms with Crippen LogP contribution >= 0.6 is 0 Å². The number of hydrogen-bond acceptors (Lipinski definition) is 4. The van der Waals surface area contributed by atoms with Crippen molar-refractivity contribution in [2.45, 2.75) is 12.2 Å². The van der Waals surface area contributed by atoms with Gasteiger partial charge in [-0.25, -0.2) is 4.79 Å². The minimum Gasteiger partial charge on any atom is -0.453 e. The van der Waals surface area contributed by atoms with Crippen LogP contribution in [0.5, 0.6) is 0 Å². The minimum absolute atomic E-state index is 0.102. The van der Waals surface area contributed by atoms with Gasteiger partial charge in [0.2, 0.25) is 0 Å². The molecule has 1 aromatic carbocycles. The fourth-order valence-corrected chi connectivity index (χ4v) is 1.51. The average Bonchev–Trinajstić information content (AvgIpc) is 2.75. The zero-order valence-electron chi connectivity index (χ0n) is 11.6. The number of esters is 1. The Morgan fingerprint density at radius 1 is 1.38 bits per heavy atom. The van der Waals surface area contributed by atoms with E-state index in [-0.39, 0.29) is 13.2 Å². The first-order chi connectivity index (χ1) is 8.96. The molecule has 0 spiro atoms. The molecule has 0 aromatic heterocycles. The van der Waals surface area contributed by atoms with Gasteiger partial charge in [0.25, 0.3) is 0 Å². The molecule has 2 atom stereocenters. The zero-order chi connectivity index (χ0) is 13.9. The number of carbonyl (C=O) groups excluding carboxylic acids is 1. The maximum Gasteiger partial charge on any atom is 0.338 e. The van der Waals surface area contributed by atoms with E-state index >= 15 is 0 Å². The van der Waals surface area contributed by atoms with Gasteiger partial charge < -0.3 is 14.2 Å². The van der Waals surface area contributed by atoms with E-state index in [2.05, 4.69) is 0 Å². The zero-order valence-corrected chi connectivity index (χ0v) is 8.59. The van der Waals surface area contributed by atoms with E-state index in [1.165, 1.54) is 0 Å². The first kappa shape index (κ1) is 7.81. The van der Waals surface area contributed by atoms with E-state index in [1.54, 1.807) is 30.3 Å². The number of rotatable bonds is 3. The van der Waals surface area contributed by atoms with E-state index in [4.69, 9.17) is 18.3 Å². The van der Waals surface area contributed by atoms with E-state index in [0.29, 0.717) is 5.56 Å². The van der Waals surface area contributed by atoms with Crippen molar-refractivity contribution < 1.29 is 23.1 Å². The number of carbonyl (C=O) groups is 1. The Labute approximate surface area is 98.3 Å². The maximum atomic E-state index is 11.8. The first-order valence-corrected chi connectivity index (χ1v) is 4.97. The molecule has 1 aromatic rings. The molecule has 4 nitrogen and oxygen atoms in total. The van der Waals surface area contributed by atoms with Gasteiger partial charge in [0.1, 0.15) is 6.10 Å². The molecule has 16 heavy (non-hydrogen) atoms. The molecule has 2 rings (SSSR count). The Kier molecular flexibility index (Phi) is 2.49. The average molecular weight is 225 g/mol. The van der Waals surface area contributed by atoms with Crippen LogP contribution in [-0.2, 0) is 14.2 Å². The number of methoxy groups -OCH3 is 1. The highest BCUT2D eigenvalue weighted by atomic mass is 16.6. The van der Waals surface area contributed by atoms with Crippen molar-refractivity contribution >= 4 is 5.97 Å². The predicted molar refractivity (Wildman–Crippen MR) is 57.3 cm³/mol. The Bertz CT molecular complexity index is 432. The van der Waals surface area contributed by atoms with Gasteiger partial charge in [-0.05, 0) is 12.1 Å². The molecule has 0 aliphatic carbocycles. The topological polar surface area (TPSA) is 44.8 Å². The van der Waals surface area contributed by atoms with Gasteiger partial charge >= 0.3 is 5.97 Å². The van der Waals surface area contributed by atoms with Gasteiger partial charge in [-0.3, -0.25) is 0 Å². The standard InChI is InChI=1S/C12H14O4/c1-14-10-7-15-8-11(10)16-12(13)9-5-3-2-4-6-9/h2-6,10-11H,7-8H2,1H3/i1D3. The van der Waals surface area contributed by atoms with Crippen LogP contribution in [-0.4, -0.2) is 38.4 Å². The summed E-state index contributed by atoms with van der Waals surface area (Å²) in [6.45, 7) is 0.241. The Morgan fingerprint density at radius 2 is 2.12 bits per heavy atom.